The number of rotatable bonds is 7. The van der Waals surface area contributed by atoms with Crippen molar-refractivity contribution in [2.75, 3.05) is 0 Å². The Morgan fingerprint density at radius 3 is 2.68 bits per heavy atom. The van der Waals surface area contributed by atoms with E-state index in [9.17, 15) is 9.18 Å². The van der Waals surface area contributed by atoms with Gasteiger partial charge in [-0.05, 0) is 30.7 Å². The molecule has 7 heteroatoms. The monoisotopic (exact) mass is 328 g/mol. The number of aromatic nitrogens is 1. The molecule has 0 spiro atoms. The summed E-state index contributed by atoms with van der Waals surface area (Å²) in [4.78, 5) is 11.0. The SMILES string of the molecule is CCCC(NCc1cc(-c2ccc(F)cc2)no1)C(=O)O.Cl. The van der Waals surface area contributed by atoms with Crippen molar-refractivity contribution in [1.29, 1.82) is 0 Å². The minimum absolute atomic E-state index is 0. The van der Waals surface area contributed by atoms with Gasteiger partial charge in [0.15, 0.2) is 5.76 Å². The third-order valence-corrected chi connectivity index (χ3v) is 3.10. The number of aliphatic carboxylic acids is 1. The highest BCUT2D eigenvalue weighted by molar-refractivity contribution is 5.85. The number of halogens is 2. The lowest BCUT2D eigenvalue weighted by Gasteiger charge is -2.11. The standard InChI is InChI=1S/C15H17FN2O3.ClH/c1-2-3-13(15(19)20)17-9-12-8-14(18-21-12)10-4-6-11(16)7-5-10;/h4-8,13,17H,2-3,9H2,1H3,(H,19,20);1H. The van der Waals surface area contributed by atoms with Gasteiger partial charge in [0.1, 0.15) is 17.6 Å². The maximum Gasteiger partial charge on any atom is 0.320 e. The zero-order valence-corrected chi connectivity index (χ0v) is 12.9. The van der Waals surface area contributed by atoms with E-state index in [1.54, 1.807) is 18.2 Å². The van der Waals surface area contributed by atoms with Crippen LogP contribution < -0.4 is 5.32 Å². The lowest BCUT2D eigenvalue weighted by Crippen LogP contribution is -2.35. The average molecular weight is 329 g/mol. The summed E-state index contributed by atoms with van der Waals surface area (Å²) in [5.41, 5.74) is 1.34. The molecule has 0 aliphatic heterocycles. The van der Waals surface area contributed by atoms with Crippen molar-refractivity contribution in [1.82, 2.24) is 10.5 Å². The van der Waals surface area contributed by atoms with Crippen LogP contribution in [0, 0.1) is 5.82 Å². The van der Waals surface area contributed by atoms with E-state index < -0.39 is 12.0 Å². The maximum atomic E-state index is 12.9. The van der Waals surface area contributed by atoms with Crippen molar-refractivity contribution < 1.29 is 18.8 Å². The second kappa shape index (κ2) is 8.51. The molecule has 2 N–H and O–H groups in total. The maximum absolute atomic E-state index is 12.9. The third kappa shape index (κ3) is 4.82. The Morgan fingerprint density at radius 2 is 2.09 bits per heavy atom. The molecule has 2 aromatic rings. The van der Waals surface area contributed by atoms with Crippen molar-refractivity contribution in [3.63, 3.8) is 0 Å². The van der Waals surface area contributed by atoms with Crippen LogP contribution in [-0.2, 0) is 11.3 Å². The number of carboxylic acid groups (broad SMARTS) is 1. The van der Waals surface area contributed by atoms with Gasteiger partial charge in [0, 0.05) is 11.6 Å². The van der Waals surface area contributed by atoms with Crippen molar-refractivity contribution in [3.8, 4) is 11.3 Å². The first kappa shape index (κ1) is 18.1. The Bertz CT molecular complexity index is 601. The van der Waals surface area contributed by atoms with Gasteiger partial charge < -0.3 is 9.63 Å². The Kier molecular flexibility index (Phi) is 7.01. The Hall–Kier alpha value is -1.92. The van der Waals surface area contributed by atoms with Crippen LogP contribution in [0.15, 0.2) is 34.9 Å². The van der Waals surface area contributed by atoms with Crippen LogP contribution in [0.5, 0.6) is 0 Å². The molecule has 0 bridgehead atoms. The van der Waals surface area contributed by atoms with Crippen molar-refractivity contribution in [3.05, 3.63) is 41.9 Å². The second-order valence-electron chi connectivity index (χ2n) is 4.75. The molecule has 5 nitrogen and oxygen atoms in total. The van der Waals surface area contributed by atoms with E-state index in [1.165, 1.54) is 12.1 Å². The zero-order valence-electron chi connectivity index (χ0n) is 12.1. The molecule has 0 aliphatic carbocycles. The van der Waals surface area contributed by atoms with Crippen molar-refractivity contribution in [2.45, 2.75) is 32.4 Å². The minimum Gasteiger partial charge on any atom is -0.480 e. The molecule has 0 amide bonds. The molecule has 0 saturated heterocycles. The first-order valence-corrected chi connectivity index (χ1v) is 6.78. The number of carbonyl (C=O) groups is 1. The quantitative estimate of drug-likeness (QED) is 0.816. The van der Waals surface area contributed by atoms with Crippen LogP contribution in [0.2, 0.25) is 0 Å². The summed E-state index contributed by atoms with van der Waals surface area (Å²) in [5.74, 6) is -0.653. The predicted molar refractivity (Wildman–Crippen MR) is 82.3 cm³/mol. The summed E-state index contributed by atoms with van der Waals surface area (Å²) in [6.07, 6.45) is 1.33. The Balaban J connectivity index is 0.00000242. The molecule has 1 atom stereocenters. The van der Waals surface area contributed by atoms with Gasteiger partial charge in [-0.15, -0.1) is 12.4 Å². The molecule has 2 rings (SSSR count). The zero-order chi connectivity index (χ0) is 15.2. The van der Waals surface area contributed by atoms with Gasteiger partial charge in [-0.3, -0.25) is 10.1 Å². The van der Waals surface area contributed by atoms with Crippen molar-refractivity contribution in [2.24, 2.45) is 0 Å². The summed E-state index contributed by atoms with van der Waals surface area (Å²) < 4.78 is 18.0. The number of carboxylic acids is 1. The van der Waals surface area contributed by atoms with E-state index in [4.69, 9.17) is 9.63 Å². The van der Waals surface area contributed by atoms with E-state index in [2.05, 4.69) is 10.5 Å². The minimum atomic E-state index is -0.880. The molecule has 1 unspecified atom stereocenters. The fourth-order valence-electron chi connectivity index (χ4n) is 1.98. The summed E-state index contributed by atoms with van der Waals surface area (Å²) >= 11 is 0. The fraction of sp³-hybridized carbons (Fsp3) is 0.333. The second-order valence-corrected chi connectivity index (χ2v) is 4.75. The van der Waals surface area contributed by atoms with E-state index in [-0.39, 0.29) is 24.8 Å². The summed E-state index contributed by atoms with van der Waals surface area (Å²) in [5, 5.41) is 15.9. The first-order valence-electron chi connectivity index (χ1n) is 6.78. The number of hydrogen-bond donors (Lipinski definition) is 2. The molecule has 1 aromatic carbocycles. The summed E-state index contributed by atoms with van der Waals surface area (Å²) in [6.45, 7) is 2.21. The van der Waals surface area contributed by atoms with Crippen LogP contribution in [0.3, 0.4) is 0 Å². The Morgan fingerprint density at radius 1 is 1.41 bits per heavy atom. The first-order chi connectivity index (χ1) is 10.1. The van der Waals surface area contributed by atoms with Gasteiger partial charge in [0.2, 0.25) is 0 Å². The van der Waals surface area contributed by atoms with E-state index in [0.717, 1.165) is 12.0 Å². The van der Waals surface area contributed by atoms with Gasteiger partial charge in [0.25, 0.3) is 0 Å². The number of benzene rings is 1. The summed E-state index contributed by atoms with van der Waals surface area (Å²) in [7, 11) is 0. The fourth-order valence-corrected chi connectivity index (χ4v) is 1.98. The van der Waals surface area contributed by atoms with Gasteiger partial charge in [0.05, 0.1) is 6.54 Å². The smallest absolute Gasteiger partial charge is 0.320 e. The normalized spacial score (nSPS) is 11.7. The number of hydrogen-bond acceptors (Lipinski definition) is 4. The molecule has 120 valence electrons. The molecule has 0 radical (unpaired) electrons. The highest BCUT2D eigenvalue weighted by atomic mass is 35.5. The molecular formula is C15H18ClFN2O3. The molecule has 0 fully saturated rings. The van der Waals surface area contributed by atoms with Gasteiger partial charge >= 0.3 is 5.97 Å². The van der Waals surface area contributed by atoms with Gasteiger partial charge in [-0.2, -0.15) is 0 Å². The van der Waals surface area contributed by atoms with Crippen LogP contribution in [0.1, 0.15) is 25.5 Å². The number of nitrogens with one attached hydrogen (secondary N) is 1. The lowest BCUT2D eigenvalue weighted by molar-refractivity contribution is -0.139. The van der Waals surface area contributed by atoms with Crippen LogP contribution in [0.4, 0.5) is 4.39 Å². The van der Waals surface area contributed by atoms with Crippen LogP contribution in [0.25, 0.3) is 11.3 Å². The largest absolute Gasteiger partial charge is 0.480 e. The van der Waals surface area contributed by atoms with Gasteiger partial charge in [-0.1, -0.05) is 18.5 Å². The van der Waals surface area contributed by atoms with Crippen LogP contribution >= 0.6 is 12.4 Å². The average Bonchev–Trinajstić information content (AvgIpc) is 2.92. The molecule has 0 aliphatic rings. The predicted octanol–water partition coefficient (Wildman–Crippen LogP) is 3.25. The molecular weight excluding hydrogens is 311 g/mol. The molecule has 1 heterocycles. The van der Waals surface area contributed by atoms with Crippen LogP contribution in [-0.4, -0.2) is 22.3 Å². The highest BCUT2D eigenvalue weighted by Gasteiger charge is 2.16. The van der Waals surface area contributed by atoms with E-state index in [1.807, 2.05) is 6.92 Å². The molecule has 0 saturated carbocycles. The Labute approximate surface area is 133 Å². The van der Waals surface area contributed by atoms with Gasteiger partial charge in [-0.25, -0.2) is 4.39 Å². The highest BCUT2D eigenvalue weighted by Crippen LogP contribution is 2.19. The van der Waals surface area contributed by atoms with E-state index in [0.29, 0.717) is 17.9 Å². The number of nitrogens with zero attached hydrogens (tertiary/aromatic N) is 1. The third-order valence-electron chi connectivity index (χ3n) is 3.10. The van der Waals surface area contributed by atoms with Crippen molar-refractivity contribution >= 4 is 18.4 Å². The molecule has 1 aromatic heterocycles. The topological polar surface area (TPSA) is 75.4 Å². The molecule has 22 heavy (non-hydrogen) atoms. The lowest BCUT2D eigenvalue weighted by atomic mass is 10.1. The van der Waals surface area contributed by atoms with E-state index >= 15 is 0 Å². The summed E-state index contributed by atoms with van der Waals surface area (Å²) in [6, 6.07) is 7.04.